The lowest BCUT2D eigenvalue weighted by Gasteiger charge is -2.34. The molecule has 2 atom stereocenters. The van der Waals surface area contributed by atoms with E-state index < -0.39 is 13.7 Å². The van der Waals surface area contributed by atoms with Gasteiger partial charge in [0.05, 0.1) is 13.7 Å². The third-order valence-electron chi connectivity index (χ3n) is 4.74. The van der Waals surface area contributed by atoms with Crippen molar-refractivity contribution < 1.29 is 5.11 Å². The highest BCUT2D eigenvalue weighted by molar-refractivity contribution is 6.82. The molecule has 0 aromatic heterocycles. The van der Waals surface area contributed by atoms with E-state index >= 15 is 0 Å². The van der Waals surface area contributed by atoms with E-state index in [0.717, 1.165) is 24.4 Å². The molecule has 0 unspecified atom stereocenters. The Labute approximate surface area is 118 Å². The van der Waals surface area contributed by atoms with Crippen molar-refractivity contribution in [1.82, 2.24) is 0 Å². The Balaban J connectivity index is 2.48. The molecule has 0 saturated carbocycles. The highest BCUT2D eigenvalue weighted by Gasteiger charge is 2.49. The van der Waals surface area contributed by atoms with Gasteiger partial charge in [0, 0.05) is 0 Å². The van der Waals surface area contributed by atoms with Crippen LogP contribution in [-0.4, -0.2) is 13.2 Å². The fourth-order valence-electron chi connectivity index (χ4n) is 3.80. The first-order valence-corrected chi connectivity index (χ1v) is 10.5. The standard InChI is InChI=1S/C17H26OSi/c1-6-17(18)12-16(3,13-19(4,5)7-2)14-10-8-9-11-15(14)17/h7-11,18H,2,6,12-13H2,1,3-5H3/t16-,17+/m1/s1. The van der Waals surface area contributed by atoms with Gasteiger partial charge in [0.1, 0.15) is 0 Å². The van der Waals surface area contributed by atoms with Crippen molar-refractivity contribution in [2.45, 2.75) is 56.8 Å². The lowest BCUT2D eigenvalue weighted by Crippen LogP contribution is -2.35. The minimum atomic E-state index is -1.41. The largest absolute Gasteiger partial charge is 0.385 e. The molecule has 0 fully saturated rings. The van der Waals surface area contributed by atoms with E-state index in [1.165, 1.54) is 5.56 Å². The maximum absolute atomic E-state index is 10.9. The van der Waals surface area contributed by atoms with Gasteiger partial charge in [0.2, 0.25) is 0 Å². The topological polar surface area (TPSA) is 20.2 Å². The molecule has 0 amide bonds. The van der Waals surface area contributed by atoms with E-state index in [2.05, 4.69) is 57.4 Å². The van der Waals surface area contributed by atoms with Crippen LogP contribution < -0.4 is 0 Å². The van der Waals surface area contributed by atoms with Gasteiger partial charge < -0.3 is 5.11 Å². The van der Waals surface area contributed by atoms with Crippen LogP contribution in [0.5, 0.6) is 0 Å². The first-order valence-electron chi connectivity index (χ1n) is 7.22. The molecule has 1 aromatic carbocycles. The lowest BCUT2D eigenvalue weighted by atomic mass is 9.84. The van der Waals surface area contributed by atoms with Crippen LogP contribution in [-0.2, 0) is 11.0 Å². The van der Waals surface area contributed by atoms with Gasteiger partial charge in [0.15, 0.2) is 0 Å². The van der Waals surface area contributed by atoms with Crippen molar-refractivity contribution in [3.05, 3.63) is 47.7 Å². The van der Waals surface area contributed by atoms with Crippen LogP contribution in [0.2, 0.25) is 19.1 Å². The molecule has 0 spiro atoms. The second-order valence-corrected chi connectivity index (χ2v) is 11.8. The first kappa shape index (κ1) is 14.5. The molecular formula is C17H26OSi. The van der Waals surface area contributed by atoms with Crippen molar-refractivity contribution in [2.75, 3.05) is 0 Å². The Morgan fingerprint density at radius 3 is 2.42 bits per heavy atom. The average Bonchev–Trinajstić information content (AvgIpc) is 2.59. The molecule has 1 N–H and O–H groups in total. The summed E-state index contributed by atoms with van der Waals surface area (Å²) in [6.07, 6.45) is 1.63. The molecule has 19 heavy (non-hydrogen) atoms. The molecule has 2 heteroatoms. The Kier molecular flexibility index (Phi) is 3.52. The van der Waals surface area contributed by atoms with Crippen molar-refractivity contribution >= 4 is 8.07 Å². The van der Waals surface area contributed by atoms with Crippen LogP contribution in [0.3, 0.4) is 0 Å². The van der Waals surface area contributed by atoms with Crippen LogP contribution in [0.15, 0.2) is 36.5 Å². The molecule has 0 heterocycles. The number of fused-ring (bicyclic) bond motifs is 1. The van der Waals surface area contributed by atoms with Crippen LogP contribution in [0, 0.1) is 0 Å². The van der Waals surface area contributed by atoms with Gasteiger partial charge in [-0.1, -0.05) is 51.2 Å². The number of hydrogen-bond donors (Lipinski definition) is 1. The molecule has 1 aliphatic carbocycles. The normalized spacial score (nSPS) is 30.2. The summed E-state index contributed by atoms with van der Waals surface area (Å²) in [5.41, 5.74) is 4.11. The number of rotatable bonds is 4. The summed E-state index contributed by atoms with van der Waals surface area (Å²) in [7, 11) is -1.41. The monoisotopic (exact) mass is 274 g/mol. The number of benzene rings is 1. The molecule has 2 rings (SSSR count). The van der Waals surface area contributed by atoms with E-state index in [1.807, 2.05) is 6.07 Å². The Hall–Kier alpha value is -0.863. The van der Waals surface area contributed by atoms with Crippen molar-refractivity contribution in [2.24, 2.45) is 0 Å². The van der Waals surface area contributed by atoms with E-state index in [9.17, 15) is 5.11 Å². The summed E-state index contributed by atoms with van der Waals surface area (Å²) in [6.45, 7) is 13.1. The maximum atomic E-state index is 10.9. The van der Waals surface area contributed by atoms with Gasteiger partial charge >= 0.3 is 0 Å². The molecule has 1 aromatic rings. The van der Waals surface area contributed by atoms with Gasteiger partial charge in [-0.2, -0.15) is 0 Å². The quantitative estimate of drug-likeness (QED) is 0.808. The average molecular weight is 274 g/mol. The van der Waals surface area contributed by atoms with E-state index in [1.54, 1.807) is 0 Å². The third kappa shape index (κ3) is 2.44. The molecule has 0 aliphatic heterocycles. The third-order valence-corrected chi connectivity index (χ3v) is 7.54. The first-order chi connectivity index (χ1) is 8.76. The van der Waals surface area contributed by atoms with Crippen molar-refractivity contribution in [3.63, 3.8) is 0 Å². The van der Waals surface area contributed by atoms with E-state index in [4.69, 9.17) is 0 Å². The van der Waals surface area contributed by atoms with Gasteiger partial charge in [-0.05, 0) is 35.4 Å². The van der Waals surface area contributed by atoms with Crippen molar-refractivity contribution in [1.29, 1.82) is 0 Å². The second-order valence-electron chi connectivity index (χ2n) is 7.04. The highest BCUT2D eigenvalue weighted by Crippen LogP contribution is 2.53. The minimum Gasteiger partial charge on any atom is -0.385 e. The summed E-state index contributed by atoms with van der Waals surface area (Å²) in [5.74, 6) is 0. The Morgan fingerprint density at radius 1 is 1.32 bits per heavy atom. The van der Waals surface area contributed by atoms with E-state index in [-0.39, 0.29) is 5.41 Å². The molecule has 1 aliphatic rings. The highest BCUT2D eigenvalue weighted by atomic mass is 28.3. The molecule has 104 valence electrons. The Morgan fingerprint density at radius 2 is 1.89 bits per heavy atom. The second kappa shape index (κ2) is 4.60. The van der Waals surface area contributed by atoms with Gasteiger partial charge in [-0.3, -0.25) is 0 Å². The van der Waals surface area contributed by atoms with Crippen LogP contribution in [0.25, 0.3) is 0 Å². The number of hydrogen-bond acceptors (Lipinski definition) is 1. The fourth-order valence-corrected chi connectivity index (χ4v) is 6.27. The predicted molar refractivity (Wildman–Crippen MR) is 85.1 cm³/mol. The number of aliphatic hydroxyl groups is 1. The summed E-state index contributed by atoms with van der Waals surface area (Å²) >= 11 is 0. The van der Waals surface area contributed by atoms with Gasteiger partial charge in [-0.25, -0.2) is 0 Å². The summed E-state index contributed by atoms with van der Waals surface area (Å²) in [6, 6.07) is 9.61. The fraction of sp³-hybridized carbons (Fsp3) is 0.529. The molecular weight excluding hydrogens is 248 g/mol. The SMILES string of the molecule is C=C[Si](C)(C)C[C@@]1(C)C[C@@](O)(CC)c2ccccc21. The smallest absolute Gasteiger partial charge is 0.0905 e. The maximum Gasteiger partial charge on any atom is 0.0905 e. The summed E-state index contributed by atoms with van der Waals surface area (Å²) in [4.78, 5) is 0. The van der Waals surface area contributed by atoms with Gasteiger partial charge in [-0.15, -0.1) is 12.3 Å². The van der Waals surface area contributed by atoms with Gasteiger partial charge in [0.25, 0.3) is 0 Å². The van der Waals surface area contributed by atoms with Crippen LogP contribution in [0.1, 0.15) is 37.8 Å². The summed E-state index contributed by atoms with van der Waals surface area (Å²) in [5, 5.41) is 10.9. The zero-order chi connectivity index (χ0) is 14.3. The van der Waals surface area contributed by atoms with Crippen LogP contribution >= 0.6 is 0 Å². The van der Waals surface area contributed by atoms with E-state index in [0.29, 0.717) is 0 Å². The van der Waals surface area contributed by atoms with Crippen molar-refractivity contribution in [3.8, 4) is 0 Å². The molecule has 0 bridgehead atoms. The molecule has 1 nitrogen and oxygen atoms in total. The Bertz CT molecular complexity index is 494. The zero-order valence-electron chi connectivity index (χ0n) is 12.7. The minimum absolute atomic E-state index is 0.0886. The van der Waals surface area contributed by atoms with Crippen LogP contribution in [0.4, 0.5) is 0 Å². The summed E-state index contributed by atoms with van der Waals surface area (Å²) < 4.78 is 0. The molecule has 0 radical (unpaired) electrons. The lowest BCUT2D eigenvalue weighted by molar-refractivity contribution is 0.0216. The zero-order valence-corrected chi connectivity index (χ0v) is 13.7. The predicted octanol–water partition coefficient (Wildman–Crippen LogP) is 4.38. The molecule has 0 saturated heterocycles.